The Morgan fingerprint density at radius 3 is 2.26 bits per heavy atom. The molecule has 0 aromatic heterocycles. The average Bonchev–Trinajstić information content (AvgIpc) is 2.83. The standard InChI is InChI=1S/C30H36N2O3/c1-22(2)18-30(34)32(21-25-10-8-23(3)9-11-25)27-7-5-6-26(19-27)20-29(33)31-17-16-24-12-14-28(35-4)15-13-24/h5-15,19,22H,16-18,20-21H2,1-4H3,(H,31,33). The molecule has 1 N–H and O–H groups in total. The van der Waals surface area contributed by atoms with Crippen LogP contribution in [0.1, 0.15) is 42.5 Å². The van der Waals surface area contributed by atoms with E-state index in [0.717, 1.165) is 34.5 Å². The fraction of sp³-hybridized carbons (Fsp3) is 0.333. The SMILES string of the molecule is COc1ccc(CCNC(=O)Cc2cccc(N(Cc3ccc(C)cc3)C(=O)CC(C)C)c2)cc1. The Hall–Kier alpha value is -3.60. The van der Waals surface area contributed by atoms with Crippen LogP contribution in [0.2, 0.25) is 0 Å². The molecular weight excluding hydrogens is 436 g/mol. The molecular formula is C30H36N2O3. The highest BCUT2D eigenvalue weighted by molar-refractivity contribution is 5.93. The smallest absolute Gasteiger partial charge is 0.227 e. The fourth-order valence-electron chi connectivity index (χ4n) is 3.88. The van der Waals surface area contributed by atoms with Gasteiger partial charge >= 0.3 is 0 Å². The molecule has 0 bridgehead atoms. The van der Waals surface area contributed by atoms with E-state index in [9.17, 15) is 9.59 Å². The zero-order chi connectivity index (χ0) is 25.2. The van der Waals surface area contributed by atoms with Crippen LogP contribution < -0.4 is 15.0 Å². The predicted molar refractivity (Wildman–Crippen MR) is 142 cm³/mol. The minimum absolute atomic E-state index is 0.0331. The number of methoxy groups -OCH3 is 1. The third-order valence-electron chi connectivity index (χ3n) is 5.83. The van der Waals surface area contributed by atoms with Gasteiger partial charge in [0.25, 0.3) is 0 Å². The lowest BCUT2D eigenvalue weighted by Crippen LogP contribution is -2.31. The van der Waals surface area contributed by atoms with Gasteiger partial charge in [0.2, 0.25) is 11.8 Å². The van der Waals surface area contributed by atoms with E-state index in [0.29, 0.717) is 19.5 Å². The van der Waals surface area contributed by atoms with E-state index >= 15 is 0 Å². The predicted octanol–water partition coefficient (Wildman–Crippen LogP) is 5.48. The number of anilines is 1. The summed E-state index contributed by atoms with van der Waals surface area (Å²) in [5.41, 5.74) is 5.11. The van der Waals surface area contributed by atoms with E-state index in [1.807, 2.05) is 53.4 Å². The van der Waals surface area contributed by atoms with Crippen molar-refractivity contribution in [3.8, 4) is 5.75 Å². The largest absolute Gasteiger partial charge is 0.497 e. The molecule has 3 aromatic rings. The Balaban J connectivity index is 1.64. The Kier molecular flexibility index (Phi) is 9.47. The number of amides is 2. The number of carbonyl (C=O) groups is 2. The summed E-state index contributed by atoms with van der Waals surface area (Å²) < 4.78 is 5.18. The minimum Gasteiger partial charge on any atom is -0.497 e. The maximum atomic E-state index is 13.1. The molecule has 0 aliphatic rings. The summed E-state index contributed by atoms with van der Waals surface area (Å²) in [6.07, 6.45) is 1.50. The Morgan fingerprint density at radius 1 is 0.914 bits per heavy atom. The Labute approximate surface area is 209 Å². The Bertz CT molecular complexity index is 1110. The van der Waals surface area contributed by atoms with Crippen molar-refractivity contribution >= 4 is 17.5 Å². The molecule has 0 heterocycles. The molecule has 184 valence electrons. The van der Waals surface area contributed by atoms with Gasteiger partial charge in [-0.3, -0.25) is 9.59 Å². The van der Waals surface area contributed by atoms with Crippen LogP contribution in [0, 0.1) is 12.8 Å². The second-order valence-electron chi connectivity index (χ2n) is 9.36. The molecule has 0 radical (unpaired) electrons. The van der Waals surface area contributed by atoms with Gasteiger partial charge in [0, 0.05) is 18.7 Å². The Morgan fingerprint density at radius 2 is 1.60 bits per heavy atom. The number of hydrogen-bond acceptors (Lipinski definition) is 3. The molecule has 0 spiro atoms. The molecule has 5 nitrogen and oxygen atoms in total. The van der Waals surface area contributed by atoms with Crippen LogP contribution >= 0.6 is 0 Å². The van der Waals surface area contributed by atoms with Gasteiger partial charge in [0.05, 0.1) is 20.1 Å². The van der Waals surface area contributed by atoms with Crippen molar-refractivity contribution in [2.75, 3.05) is 18.6 Å². The number of nitrogens with one attached hydrogen (secondary N) is 1. The average molecular weight is 473 g/mol. The van der Waals surface area contributed by atoms with Crippen molar-refractivity contribution < 1.29 is 14.3 Å². The second kappa shape index (κ2) is 12.7. The second-order valence-corrected chi connectivity index (χ2v) is 9.36. The topological polar surface area (TPSA) is 58.6 Å². The van der Waals surface area contributed by atoms with Crippen LogP contribution in [0.3, 0.4) is 0 Å². The summed E-state index contributed by atoms with van der Waals surface area (Å²) in [7, 11) is 1.65. The normalized spacial score (nSPS) is 10.8. The van der Waals surface area contributed by atoms with Crippen LogP contribution in [-0.4, -0.2) is 25.5 Å². The summed E-state index contributed by atoms with van der Waals surface area (Å²) >= 11 is 0. The lowest BCUT2D eigenvalue weighted by atomic mass is 10.1. The third kappa shape index (κ3) is 8.29. The molecule has 0 saturated heterocycles. The van der Waals surface area contributed by atoms with Crippen LogP contribution in [0.15, 0.2) is 72.8 Å². The highest BCUT2D eigenvalue weighted by Gasteiger charge is 2.18. The van der Waals surface area contributed by atoms with Crippen molar-refractivity contribution in [1.82, 2.24) is 5.32 Å². The van der Waals surface area contributed by atoms with E-state index in [1.54, 1.807) is 7.11 Å². The number of carbonyl (C=O) groups excluding carboxylic acids is 2. The van der Waals surface area contributed by atoms with Gasteiger partial charge in [-0.25, -0.2) is 0 Å². The summed E-state index contributed by atoms with van der Waals surface area (Å²) in [5, 5.41) is 3.00. The summed E-state index contributed by atoms with van der Waals surface area (Å²) in [5.74, 6) is 1.14. The van der Waals surface area contributed by atoms with Gasteiger partial charge in [-0.2, -0.15) is 0 Å². The number of rotatable bonds is 11. The monoisotopic (exact) mass is 472 g/mol. The van der Waals surface area contributed by atoms with E-state index < -0.39 is 0 Å². The molecule has 0 unspecified atom stereocenters. The maximum absolute atomic E-state index is 13.1. The molecule has 0 fully saturated rings. The van der Waals surface area contributed by atoms with Crippen LogP contribution in [0.5, 0.6) is 5.75 Å². The molecule has 2 amide bonds. The number of hydrogen-bond donors (Lipinski definition) is 1. The summed E-state index contributed by atoms with van der Waals surface area (Å²) in [6, 6.07) is 23.8. The third-order valence-corrected chi connectivity index (χ3v) is 5.83. The molecule has 0 atom stereocenters. The first kappa shape index (κ1) is 26.0. The van der Waals surface area contributed by atoms with Gasteiger partial charge < -0.3 is 15.0 Å². The number of aryl methyl sites for hydroxylation is 1. The van der Waals surface area contributed by atoms with Crippen LogP contribution in [0.4, 0.5) is 5.69 Å². The lowest BCUT2D eigenvalue weighted by Gasteiger charge is -2.25. The van der Waals surface area contributed by atoms with E-state index in [-0.39, 0.29) is 24.2 Å². The maximum Gasteiger partial charge on any atom is 0.227 e. The van der Waals surface area contributed by atoms with Gasteiger partial charge in [0.15, 0.2) is 0 Å². The molecule has 0 aliphatic carbocycles. The summed E-state index contributed by atoms with van der Waals surface area (Å²) in [4.78, 5) is 27.5. The van der Waals surface area contributed by atoms with Crippen molar-refractivity contribution in [2.45, 2.75) is 46.6 Å². The first-order valence-corrected chi connectivity index (χ1v) is 12.2. The molecule has 3 rings (SSSR count). The van der Waals surface area contributed by atoms with E-state index in [4.69, 9.17) is 4.74 Å². The quantitative estimate of drug-likeness (QED) is 0.402. The van der Waals surface area contributed by atoms with Gasteiger partial charge in [-0.15, -0.1) is 0 Å². The summed E-state index contributed by atoms with van der Waals surface area (Å²) in [6.45, 7) is 7.22. The van der Waals surface area contributed by atoms with Crippen LogP contribution in [0.25, 0.3) is 0 Å². The molecule has 5 heteroatoms. The molecule has 35 heavy (non-hydrogen) atoms. The van der Waals surface area contributed by atoms with Crippen LogP contribution in [-0.2, 0) is 29.0 Å². The highest BCUT2D eigenvalue weighted by Crippen LogP contribution is 2.22. The lowest BCUT2D eigenvalue weighted by molar-refractivity contribution is -0.120. The first-order chi connectivity index (χ1) is 16.8. The van der Waals surface area contributed by atoms with E-state index in [1.165, 1.54) is 5.56 Å². The van der Waals surface area contributed by atoms with Crippen molar-refractivity contribution in [3.05, 3.63) is 95.1 Å². The van der Waals surface area contributed by atoms with Gasteiger partial charge in [-0.1, -0.05) is 67.9 Å². The fourth-order valence-corrected chi connectivity index (χ4v) is 3.88. The molecule has 3 aromatic carbocycles. The number of ether oxygens (including phenoxy) is 1. The first-order valence-electron chi connectivity index (χ1n) is 12.2. The highest BCUT2D eigenvalue weighted by atomic mass is 16.5. The molecule has 0 aliphatic heterocycles. The van der Waals surface area contributed by atoms with Gasteiger partial charge in [-0.05, 0) is 60.2 Å². The zero-order valence-electron chi connectivity index (χ0n) is 21.2. The zero-order valence-corrected chi connectivity index (χ0v) is 21.2. The molecule has 0 saturated carbocycles. The number of benzene rings is 3. The van der Waals surface area contributed by atoms with Crippen molar-refractivity contribution in [3.63, 3.8) is 0 Å². The minimum atomic E-state index is -0.0331. The van der Waals surface area contributed by atoms with Crippen molar-refractivity contribution in [1.29, 1.82) is 0 Å². The van der Waals surface area contributed by atoms with Gasteiger partial charge in [0.1, 0.15) is 5.75 Å². The number of nitrogens with zero attached hydrogens (tertiary/aromatic N) is 1. The van der Waals surface area contributed by atoms with Crippen molar-refractivity contribution in [2.24, 2.45) is 5.92 Å². The van der Waals surface area contributed by atoms with E-state index in [2.05, 4.69) is 50.4 Å².